The summed E-state index contributed by atoms with van der Waals surface area (Å²) in [5, 5.41) is 11.2. The lowest BCUT2D eigenvalue weighted by Crippen LogP contribution is -2.46. The van der Waals surface area contributed by atoms with Crippen molar-refractivity contribution in [2.45, 2.75) is 63.3 Å². The van der Waals surface area contributed by atoms with E-state index in [0.717, 1.165) is 25.7 Å². The van der Waals surface area contributed by atoms with E-state index in [2.05, 4.69) is 0 Å². The third-order valence-corrected chi connectivity index (χ3v) is 3.54. The summed E-state index contributed by atoms with van der Waals surface area (Å²) in [5.41, 5.74) is -1.49. The summed E-state index contributed by atoms with van der Waals surface area (Å²) >= 11 is 0. The number of nitro groups is 1. The second kappa shape index (κ2) is 6.47. The van der Waals surface area contributed by atoms with E-state index in [1.54, 1.807) is 0 Å². The number of aldehydes is 1. The van der Waals surface area contributed by atoms with E-state index < -0.39 is 10.5 Å². The summed E-state index contributed by atoms with van der Waals surface area (Å²) in [6.07, 6.45) is 5.74. The smallest absolute Gasteiger partial charge is 0.279 e. The number of hydrogen-bond acceptors (Lipinski definition) is 4. The molecule has 1 saturated carbocycles. The van der Waals surface area contributed by atoms with Crippen LogP contribution in [-0.4, -0.2) is 22.5 Å². The Bertz CT molecular complexity index is 303. The van der Waals surface area contributed by atoms with Gasteiger partial charge in [-0.25, -0.2) is 0 Å². The zero-order valence-electron chi connectivity index (χ0n) is 10.0. The molecule has 0 radical (unpaired) electrons. The molecule has 17 heavy (non-hydrogen) atoms. The van der Waals surface area contributed by atoms with Crippen molar-refractivity contribution in [3.05, 3.63) is 10.1 Å². The first-order valence-electron chi connectivity index (χ1n) is 6.25. The van der Waals surface area contributed by atoms with E-state index >= 15 is 0 Å². The van der Waals surface area contributed by atoms with Gasteiger partial charge in [0.1, 0.15) is 6.29 Å². The Hall–Kier alpha value is -1.26. The fourth-order valence-electron chi connectivity index (χ4n) is 2.45. The van der Waals surface area contributed by atoms with Crippen molar-refractivity contribution in [3.8, 4) is 0 Å². The lowest BCUT2D eigenvalue weighted by atomic mass is 9.83. The van der Waals surface area contributed by atoms with Crippen LogP contribution in [0.5, 0.6) is 0 Å². The molecular weight excluding hydrogens is 222 g/mol. The van der Waals surface area contributed by atoms with E-state index in [9.17, 15) is 19.7 Å². The minimum absolute atomic E-state index is 0.0579. The Morgan fingerprint density at radius 1 is 1.24 bits per heavy atom. The quantitative estimate of drug-likeness (QED) is 0.430. The van der Waals surface area contributed by atoms with Crippen LogP contribution in [0.2, 0.25) is 0 Å². The van der Waals surface area contributed by atoms with Gasteiger partial charge in [0.15, 0.2) is 0 Å². The van der Waals surface area contributed by atoms with Gasteiger partial charge in [-0.2, -0.15) is 0 Å². The molecule has 5 heteroatoms. The van der Waals surface area contributed by atoms with Gasteiger partial charge >= 0.3 is 0 Å². The maximum atomic E-state index is 12.0. The molecule has 1 fully saturated rings. The van der Waals surface area contributed by atoms with E-state index in [4.69, 9.17) is 0 Å². The first kappa shape index (κ1) is 13.8. The van der Waals surface area contributed by atoms with Gasteiger partial charge in [0.2, 0.25) is 5.78 Å². The van der Waals surface area contributed by atoms with Gasteiger partial charge in [0.25, 0.3) is 5.54 Å². The maximum absolute atomic E-state index is 12.0. The molecule has 0 aromatic rings. The van der Waals surface area contributed by atoms with Gasteiger partial charge in [0, 0.05) is 30.6 Å². The molecule has 1 aliphatic carbocycles. The highest BCUT2D eigenvalue weighted by atomic mass is 16.6. The molecule has 1 atom stereocenters. The predicted molar refractivity (Wildman–Crippen MR) is 62.3 cm³/mol. The second-order valence-corrected chi connectivity index (χ2v) is 4.68. The summed E-state index contributed by atoms with van der Waals surface area (Å²) in [6.45, 7) is 0. The molecule has 0 amide bonds. The van der Waals surface area contributed by atoms with Crippen LogP contribution in [0.1, 0.15) is 57.8 Å². The monoisotopic (exact) mass is 241 g/mol. The zero-order chi connectivity index (χ0) is 12.7. The molecule has 0 N–H and O–H groups in total. The van der Waals surface area contributed by atoms with Crippen molar-refractivity contribution < 1.29 is 14.5 Å². The molecule has 96 valence electrons. The summed E-state index contributed by atoms with van der Waals surface area (Å²) in [4.78, 5) is 33.2. The first-order valence-corrected chi connectivity index (χ1v) is 6.25. The minimum Gasteiger partial charge on any atom is -0.303 e. The van der Waals surface area contributed by atoms with E-state index in [-0.39, 0.29) is 31.5 Å². The largest absolute Gasteiger partial charge is 0.303 e. The van der Waals surface area contributed by atoms with Gasteiger partial charge in [0.05, 0.1) is 0 Å². The normalized spacial score (nSPS) is 26.7. The van der Waals surface area contributed by atoms with E-state index in [0.29, 0.717) is 12.7 Å². The Morgan fingerprint density at radius 2 is 1.88 bits per heavy atom. The standard InChI is InChI=1S/C12H19NO4/c14-10-6-9-12(13(16)17)8-5-3-1-2-4-7-11(12)15/h10H,1-9H2. The predicted octanol–water partition coefficient (Wildman–Crippen LogP) is 2.29. The molecule has 5 nitrogen and oxygen atoms in total. The molecule has 0 aromatic carbocycles. The second-order valence-electron chi connectivity index (χ2n) is 4.68. The van der Waals surface area contributed by atoms with Gasteiger partial charge < -0.3 is 4.79 Å². The Labute approximate surface area is 101 Å². The van der Waals surface area contributed by atoms with Gasteiger partial charge in [-0.05, 0) is 12.8 Å². The van der Waals surface area contributed by atoms with Crippen LogP contribution in [0.15, 0.2) is 0 Å². The van der Waals surface area contributed by atoms with Crippen LogP contribution in [0.25, 0.3) is 0 Å². The number of rotatable bonds is 4. The first-order chi connectivity index (χ1) is 8.13. The molecule has 0 aromatic heterocycles. The fraction of sp³-hybridized carbons (Fsp3) is 0.833. The van der Waals surface area contributed by atoms with Crippen LogP contribution >= 0.6 is 0 Å². The van der Waals surface area contributed by atoms with Crippen molar-refractivity contribution in [1.82, 2.24) is 0 Å². The van der Waals surface area contributed by atoms with Crippen LogP contribution in [-0.2, 0) is 9.59 Å². The van der Waals surface area contributed by atoms with E-state index in [1.165, 1.54) is 0 Å². The summed E-state index contributed by atoms with van der Waals surface area (Å²) in [6, 6.07) is 0. The Balaban J connectivity index is 2.89. The number of nitrogens with zero attached hydrogens (tertiary/aromatic N) is 1. The van der Waals surface area contributed by atoms with Crippen molar-refractivity contribution in [1.29, 1.82) is 0 Å². The minimum atomic E-state index is -1.49. The Morgan fingerprint density at radius 3 is 2.53 bits per heavy atom. The molecule has 0 heterocycles. The van der Waals surface area contributed by atoms with Crippen LogP contribution in [0, 0.1) is 10.1 Å². The number of Topliss-reactive ketones (excluding diaryl/α,β-unsaturated/α-hetero) is 1. The highest BCUT2D eigenvalue weighted by Gasteiger charge is 2.48. The van der Waals surface area contributed by atoms with Crippen LogP contribution < -0.4 is 0 Å². The van der Waals surface area contributed by atoms with Crippen molar-refractivity contribution in [2.75, 3.05) is 0 Å². The number of hydrogen-bond donors (Lipinski definition) is 0. The highest BCUT2D eigenvalue weighted by molar-refractivity contribution is 5.87. The molecular formula is C12H19NO4. The summed E-state index contributed by atoms with van der Waals surface area (Å²) in [5.74, 6) is -0.286. The molecule has 1 aliphatic rings. The third-order valence-electron chi connectivity index (χ3n) is 3.54. The summed E-state index contributed by atoms with van der Waals surface area (Å²) < 4.78 is 0. The molecule has 0 spiro atoms. The van der Waals surface area contributed by atoms with Gasteiger partial charge in [-0.15, -0.1) is 0 Å². The lowest BCUT2D eigenvalue weighted by molar-refractivity contribution is -0.554. The van der Waals surface area contributed by atoms with Crippen LogP contribution in [0.3, 0.4) is 0 Å². The molecule has 0 aliphatic heterocycles. The molecule has 1 unspecified atom stereocenters. The van der Waals surface area contributed by atoms with Crippen molar-refractivity contribution >= 4 is 12.1 Å². The van der Waals surface area contributed by atoms with Crippen molar-refractivity contribution in [3.63, 3.8) is 0 Å². The average Bonchev–Trinajstić information content (AvgIpc) is 2.39. The Kier molecular flexibility index (Phi) is 5.25. The van der Waals surface area contributed by atoms with Gasteiger partial charge in [-0.3, -0.25) is 14.9 Å². The SMILES string of the molecule is O=CCCC1([N+](=O)[O-])CCCCCCCC1=O. The van der Waals surface area contributed by atoms with Gasteiger partial charge in [-0.1, -0.05) is 19.3 Å². The molecule has 0 bridgehead atoms. The zero-order valence-corrected chi connectivity index (χ0v) is 10.0. The topological polar surface area (TPSA) is 77.3 Å². The van der Waals surface area contributed by atoms with Crippen molar-refractivity contribution in [2.24, 2.45) is 0 Å². The summed E-state index contributed by atoms with van der Waals surface area (Å²) in [7, 11) is 0. The van der Waals surface area contributed by atoms with E-state index in [1.807, 2.05) is 0 Å². The highest BCUT2D eigenvalue weighted by Crippen LogP contribution is 2.29. The lowest BCUT2D eigenvalue weighted by Gasteiger charge is -2.22. The molecule has 1 rings (SSSR count). The maximum Gasteiger partial charge on any atom is 0.279 e. The number of carbonyl (C=O) groups excluding carboxylic acids is 2. The average molecular weight is 241 g/mol. The molecule has 0 saturated heterocycles. The number of ketones is 1. The fourth-order valence-corrected chi connectivity index (χ4v) is 2.45. The van der Waals surface area contributed by atoms with Crippen LogP contribution in [0.4, 0.5) is 0 Å². The third kappa shape index (κ3) is 3.35. The number of carbonyl (C=O) groups is 2.